The van der Waals surface area contributed by atoms with Crippen LogP contribution in [0.25, 0.3) is 0 Å². The van der Waals surface area contributed by atoms with Crippen LogP contribution in [-0.2, 0) is 0 Å². The van der Waals surface area contributed by atoms with Crippen molar-refractivity contribution in [2.24, 2.45) is 0 Å². The first kappa shape index (κ1) is 6.70. The molecule has 0 aromatic heterocycles. The van der Waals surface area contributed by atoms with Gasteiger partial charge in [-0.25, -0.2) is 0 Å². The Morgan fingerprint density at radius 1 is 1.83 bits per heavy atom. The molecule has 0 N–H and O–H groups in total. The van der Waals surface area contributed by atoms with E-state index in [4.69, 9.17) is 0 Å². The molecule has 0 aromatic carbocycles. The van der Waals surface area contributed by atoms with E-state index in [2.05, 4.69) is 25.3 Å². The highest BCUT2D eigenvalue weighted by Crippen LogP contribution is 1.96. The van der Waals surface area contributed by atoms with E-state index >= 15 is 0 Å². The SMILES string of the molecule is CC(S)[CH]CS. The Bertz CT molecular complexity index is 26.7. The fraction of sp³-hybridized carbons (Fsp3) is 0.750. The summed E-state index contributed by atoms with van der Waals surface area (Å²) in [5.41, 5.74) is 0. The van der Waals surface area contributed by atoms with Crippen molar-refractivity contribution in [3.05, 3.63) is 6.42 Å². The average Bonchev–Trinajstić information content (AvgIpc) is 1.35. The first-order valence-electron chi connectivity index (χ1n) is 1.89. The number of rotatable bonds is 2. The summed E-state index contributed by atoms with van der Waals surface area (Å²) >= 11 is 8.03. The van der Waals surface area contributed by atoms with Crippen LogP contribution in [-0.4, -0.2) is 11.0 Å². The van der Waals surface area contributed by atoms with E-state index in [0.717, 1.165) is 5.75 Å². The summed E-state index contributed by atoms with van der Waals surface area (Å²) in [7, 11) is 0. The van der Waals surface area contributed by atoms with E-state index in [1.165, 1.54) is 0 Å². The van der Waals surface area contributed by atoms with Crippen LogP contribution in [0.3, 0.4) is 0 Å². The summed E-state index contributed by atoms with van der Waals surface area (Å²) in [6, 6.07) is 0. The maximum absolute atomic E-state index is 4.07. The number of thiol groups is 2. The second-order valence-corrected chi connectivity index (χ2v) is 2.34. The van der Waals surface area contributed by atoms with Gasteiger partial charge in [0.25, 0.3) is 0 Å². The minimum Gasteiger partial charge on any atom is -0.179 e. The lowest BCUT2D eigenvalue weighted by molar-refractivity contribution is 1.14. The lowest BCUT2D eigenvalue weighted by Crippen LogP contribution is -1.90. The molecular formula is C4H9S2. The zero-order valence-corrected chi connectivity index (χ0v) is 5.55. The van der Waals surface area contributed by atoms with Crippen molar-refractivity contribution in [3.63, 3.8) is 0 Å². The van der Waals surface area contributed by atoms with Crippen LogP contribution in [0.2, 0.25) is 0 Å². The minimum atomic E-state index is 0.391. The molecule has 6 heavy (non-hydrogen) atoms. The highest BCUT2D eigenvalue weighted by atomic mass is 32.1. The van der Waals surface area contributed by atoms with Gasteiger partial charge in [-0.1, -0.05) is 6.92 Å². The monoisotopic (exact) mass is 121 g/mol. The quantitative estimate of drug-likeness (QED) is 0.507. The summed E-state index contributed by atoms with van der Waals surface area (Å²) in [5, 5.41) is 0.391. The highest BCUT2D eigenvalue weighted by molar-refractivity contribution is 7.81. The molecule has 0 saturated carbocycles. The standard InChI is InChI=1S/C4H9S2/c1-4(6)2-3-5/h2,4-6H,3H2,1H3. The summed E-state index contributed by atoms with van der Waals surface area (Å²) in [4.78, 5) is 0. The maximum atomic E-state index is 4.07. The summed E-state index contributed by atoms with van der Waals surface area (Å²) in [6.45, 7) is 2.01. The van der Waals surface area contributed by atoms with Gasteiger partial charge in [-0.15, -0.1) is 0 Å². The zero-order chi connectivity index (χ0) is 4.99. The Morgan fingerprint density at radius 3 is 2.33 bits per heavy atom. The highest BCUT2D eigenvalue weighted by Gasteiger charge is 1.87. The van der Waals surface area contributed by atoms with Crippen LogP contribution in [0.1, 0.15) is 6.92 Å². The van der Waals surface area contributed by atoms with Crippen molar-refractivity contribution >= 4 is 25.3 Å². The molecule has 1 radical (unpaired) electrons. The molecule has 0 spiro atoms. The molecule has 0 aliphatic heterocycles. The molecule has 0 nitrogen and oxygen atoms in total. The predicted molar refractivity (Wildman–Crippen MR) is 36.6 cm³/mol. The molecule has 0 fully saturated rings. The van der Waals surface area contributed by atoms with Crippen molar-refractivity contribution < 1.29 is 0 Å². The van der Waals surface area contributed by atoms with Crippen molar-refractivity contribution in [2.45, 2.75) is 12.2 Å². The van der Waals surface area contributed by atoms with Gasteiger partial charge in [-0.3, -0.25) is 0 Å². The Balaban J connectivity index is 2.63. The smallest absolute Gasteiger partial charge is 0.00278 e. The molecule has 0 bridgehead atoms. The molecule has 0 aliphatic rings. The largest absolute Gasteiger partial charge is 0.179 e. The number of hydrogen-bond donors (Lipinski definition) is 2. The minimum absolute atomic E-state index is 0.391. The van der Waals surface area contributed by atoms with Crippen LogP contribution in [0.15, 0.2) is 0 Å². The maximum Gasteiger partial charge on any atom is 0.00278 e. The van der Waals surface area contributed by atoms with Gasteiger partial charge in [-0.2, -0.15) is 25.3 Å². The first-order valence-corrected chi connectivity index (χ1v) is 3.04. The zero-order valence-electron chi connectivity index (χ0n) is 3.76. The molecule has 0 heterocycles. The molecule has 0 rings (SSSR count). The third-order valence-electron chi connectivity index (χ3n) is 0.447. The summed E-state index contributed by atoms with van der Waals surface area (Å²) < 4.78 is 0. The van der Waals surface area contributed by atoms with Gasteiger partial charge < -0.3 is 0 Å². The molecule has 2 heteroatoms. The van der Waals surface area contributed by atoms with Gasteiger partial charge in [0.2, 0.25) is 0 Å². The molecule has 0 aromatic rings. The third-order valence-corrected chi connectivity index (χ3v) is 0.868. The van der Waals surface area contributed by atoms with E-state index in [1.807, 2.05) is 13.3 Å². The van der Waals surface area contributed by atoms with Crippen LogP contribution in [0.5, 0.6) is 0 Å². The molecule has 0 amide bonds. The topological polar surface area (TPSA) is 0 Å². The average molecular weight is 121 g/mol. The summed E-state index contributed by atoms with van der Waals surface area (Å²) in [5.74, 6) is 0.824. The Hall–Kier alpha value is 0.700. The molecule has 1 atom stereocenters. The van der Waals surface area contributed by atoms with Crippen LogP contribution < -0.4 is 0 Å². The molecule has 1 unspecified atom stereocenters. The molecule has 0 aliphatic carbocycles. The van der Waals surface area contributed by atoms with Gasteiger partial charge in [-0.05, 0) is 12.2 Å². The molecule has 0 saturated heterocycles. The Labute approximate surface area is 50.1 Å². The van der Waals surface area contributed by atoms with Crippen LogP contribution >= 0.6 is 25.3 Å². The van der Waals surface area contributed by atoms with E-state index < -0.39 is 0 Å². The van der Waals surface area contributed by atoms with Gasteiger partial charge >= 0.3 is 0 Å². The fourth-order valence-corrected chi connectivity index (χ4v) is 0.740. The van der Waals surface area contributed by atoms with Crippen molar-refractivity contribution in [2.75, 3.05) is 5.75 Å². The van der Waals surface area contributed by atoms with Crippen LogP contribution in [0, 0.1) is 6.42 Å². The van der Waals surface area contributed by atoms with Gasteiger partial charge in [0.05, 0.1) is 0 Å². The third kappa shape index (κ3) is 4.70. The lowest BCUT2D eigenvalue weighted by Gasteiger charge is -1.94. The van der Waals surface area contributed by atoms with Crippen molar-refractivity contribution in [1.29, 1.82) is 0 Å². The number of hydrogen-bond acceptors (Lipinski definition) is 2. The second-order valence-electron chi connectivity index (χ2n) is 1.16. The van der Waals surface area contributed by atoms with Crippen LogP contribution in [0.4, 0.5) is 0 Å². The fourth-order valence-electron chi connectivity index (χ4n) is 0.153. The predicted octanol–water partition coefficient (Wildman–Crippen LogP) is 1.44. The first-order chi connectivity index (χ1) is 2.77. The molecular weight excluding hydrogens is 112 g/mol. The Kier molecular flexibility index (Phi) is 4.33. The Morgan fingerprint density at radius 2 is 2.33 bits per heavy atom. The van der Waals surface area contributed by atoms with Crippen molar-refractivity contribution in [1.82, 2.24) is 0 Å². The molecule has 37 valence electrons. The summed E-state index contributed by atoms with van der Waals surface area (Å²) in [6.07, 6.45) is 2.02. The van der Waals surface area contributed by atoms with Crippen molar-refractivity contribution in [3.8, 4) is 0 Å². The van der Waals surface area contributed by atoms with Gasteiger partial charge in [0, 0.05) is 5.25 Å². The van der Waals surface area contributed by atoms with E-state index in [9.17, 15) is 0 Å². The van der Waals surface area contributed by atoms with E-state index in [0.29, 0.717) is 5.25 Å². The van der Waals surface area contributed by atoms with E-state index in [-0.39, 0.29) is 0 Å². The van der Waals surface area contributed by atoms with Gasteiger partial charge in [0.15, 0.2) is 0 Å². The normalized spacial score (nSPS) is 14.5. The lowest BCUT2D eigenvalue weighted by atomic mass is 10.4. The van der Waals surface area contributed by atoms with E-state index in [1.54, 1.807) is 0 Å². The van der Waals surface area contributed by atoms with Gasteiger partial charge in [0.1, 0.15) is 0 Å². The second kappa shape index (κ2) is 3.88.